The molecular weight excluding hydrogens is 833 g/mol. The minimum atomic E-state index is -1.62. The van der Waals surface area contributed by atoms with E-state index in [1.807, 2.05) is 55.7 Å². The van der Waals surface area contributed by atoms with Crippen LogP contribution in [0.4, 0.5) is 4.79 Å². The molecule has 15 heteroatoms. The minimum absolute atomic E-state index is 0.0506. The van der Waals surface area contributed by atoms with Crippen molar-refractivity contribution in [2.75, 3.05) is 13.2 Å². The van der Waals surface area contributed by atoms with Crippen LogP contribution in [0.1, 0.15) is 115 Å². The maximum absolute atomic E-state index is 15.1. The van der Waals surface area contributed by atoms with Crippen LogP contribution in [0.5, 0.6) is 11.6 Å². The number of para-hydroxylation sites is 1. The van der Waals surface area contributed by atoms with E-state index in [0.29, 0.717) is 25.3 Å². The first-order valence-electron chi connectivity index (χ1n) is 23.8. The number of nitrogens with zero attached hydrogens (tertiary/aromatic N) is 3. The van der Waals surface area contributed by atoms with Gasteiger partial charge in [0.1, 0.15) is 40.3 Å². The lowest BCUT2D eigenvalue weighted by Crippen LogP contribution is -2.59. The number of amides is 4. The molecule has 4 amide bonds. The predicted octanol–water partition coefficient (Wildman–Crippen LogP) is 6.82. The lowest BCUT2D eigenvalue weighted by Gasteiger charge is -2.32. The molecule has 3 aromatic rings. The van der Waals surface area contributed by atoms with Crippen LogP contribution in [0.3, 0.4) is 0 Å². The van der Waals surface area contributed by atoms with Gasteiger partial charge in [-0.05, 0) is 107 Å². The molecule has 5 fully saturated rings. The Hall–Kier alpha value is -4.76. The van der Waals surface area contributed by atoms with Crippen molar-refractivity contribution in [3.05, 3.63) is 67.0 Å². The Balaban J connectivity index is 1.05. The van der Waals surface area contributed by atoms with Gasteiger partial charge in [-0.25, -0.2) is 9.78 Å². The van der Waals surface area contributed by atoms with Gasteiger partial charge in [0.2, 0.25) is 17.7 Å². The number of fused-ring (bicyclic) bond motifs is 5. The Morgan fingerprint density at radius 2 is 1.75 bits per heavy atom. The summed E-state index contributed by atoms with van der Waals surface area (Å²) < 4.78 is 37.3. The highest BCUT2D eigenvalue weighted by molar-refractivity contribution is 7.91. The highest BCUT2D eigenvalue weighted by Crippen LogP contribution is 2.47. The fraction of sp³-hybridized carbons (Fsp3) is 0.612. The Bertz CT molecular complexity index is 2190. The van der Waals surface area contributed by atoms with Gasteiger partial charge < -0.3 is 38.9 Å². The molecule has 4 saturated carbocycles. The monoisotopic (exact) mass is 896 g/mol. The van der Waals surface area contributed by atoms with Gasteiger partial charge in [-0.1, -0.05) is 43.9 Å². The van der Waals surface area contributed by atoms with Crippen LogP contribution in [0, 0.1) is 17.8 Å². The average Bonchev–Trinajstić information content (AvgIpc) is 3.73. The number of aryl methyl sites for hydroxylation is 1. The third-order valence-corrected chi connectivity index (χ3v) is 16.6. The fourth-order valence-corrected chi connectivity index (χ4v) is 11.7. The van der Waals surface area contributed by atoms with Crippen molar-refractivity contribution in [1.29, 1.82) is 0 Å². The van der Waals surface area contributed by atoms with Gasteiger partial charge in [0.15, 0.2) is 0 Å². The van der Waals surface area contributed by atoms with Gasteiger partial charge in [0.05, 0.1) is 35.6 Å². The second-order valence-electron chi connectivity index (χ2n) is 19.4. The van der Waals surface area contributed by atoms with E-state index in [0.717, 1.165) is 119 Å². The van der Waals surface area contributed by atoms with Crippen LogP contribution in [0.2, 0.25) is 0 Å². The normalized spacial score (nSPS) is 29.8. The van der Waals surface area contributed by atoms with E-state index in [9.17, 15) is 18.9 Å². The van der Waals surface area contributed by atoms with Crippen LogP contribution in [-0.4, -0.2) is 90.5 Å². The molecule has 9 rings (SSSR count). The number of pyridine rings is 1. The molecule has 6 aliphatic rings. The second kappa shape index (κ2) is 19.0. The highest BCUT2D eigenvalue weighted by Gasteiger charge is 2.63. The van der Waals surface area contributed by atoms with Crippen molar-refractivity contribution in [2.24, 2.45) is 17.8 Å². The predicted molar refractivity (Wildman–Crippen MR) is 243 cm³/mol. The molecule has 4 heterocycles. The molecule has 1 saturated heterocycles. The van der Waals surface area contributed by atoms with E-state index in [-0.39, 0.29) is 42.7 Å². The lowest BCUT2D eigenvalue weighted by atomic mass is 9.96. The average molecular weight is 897 g/mol. The summed E-state index contributed by atoms with van der Waals surface area (Å²) in [5.74, 6) is -0.535. The first kappa shape index (κ1) is 44.4. The van der Waals surface area contributed by atoms with Crippen LogP contribution >= 0.6 is 0 Å². The zero-order valence-electron chi connectivity index (χ0n) is 37.1. The molecule has 4 aliphatic carbocycles. The number of benzene rings is 1. The summed E-state index contributed by atoms with van der Waals surface area (Å²) in [7, 11) is 0. The molecule has 2 aromatic heterocycles. The van der Waals surface area contributed by atoms with Crippen molar-refractivity contribution in [3.63, 3.8) is 0 Å². The maximum atomic E-state index is 15.1. The summed E-state index contributed by atoms with van der Waals surface area (Å²) in [6.45, 7) is 7.13. The molecule has 1 unspecified atom stereocenters. The first-order valence-corrected chi connectivity index (χ1v) is 25.0. The van der Waals surface area contributed by atoms with Crippen LogP contribution in [-0.2, 0) is 43.4 Å². The summed E-state index contributed by atoms with van der Waals surface area (Å²) in [4.78, 5) is 64.2. The smallest absolute Gasteiger partial charge is 0.408 e. The van der Waals surface area contributed by atoms with E-state index in [1.54, 1.807) is 6.08 Å². The molecule has 64 heavy (non-hydrogen) atoms. The maximum Gasteiger partial charge on any atom is 0.408 e. The van der Waals surface area contributed by atoms with E-state index in [4.69, 9.17) is 19.2 Å². The number of hydrogen-bond acceptors (Lipinski definition) is 9. The molecule has 3 N–H and O–H groups in total. The molecule has 14 nitrogen and oxygen atoms in total. The van der Waals surface area contributed by atoms with Gasteiger partial charge in [-0.2, -0.15) is 4.72 Å². The van der Waals surface area contributed by atoms with E-state index >= 15 is 4.79 Å². The van der Waals surface area contributed by atoms with Gasteiger partial charge in [-0.15, -0.1) is 6.58 Å². The summed E-state index contributed by atoms with van der Waals surface area (Å²) in [5, 5.41) is 6.94. The zero-order valence-corrected chi connectivity index (χ0v) is 37.9. The molecule has 344 valence electrons. The SMILES string of the molecule is C=C[C@@H]1C[C@]1(NC(=O)[C@@H]1C[C@@H]2CN1C(=O)[C@H](C1CCCC1)NC(=O)O[C@@H]1CCC[C@H]1CCCCCc1c(nc3ccccc3c1OCCCn1cccc1)O2)C(=O)N[S+]([O-])C1(C)CC1. The fourth-order valence-electron chi connectivity index (χ4n) is 10.7. The second-order valence-corrected chi connectivity index (χ2v) is 21.1. The molecule has 2 bridgehead atoms. The number of carbonyl (C=O) groups excluding carboxylic acids is 4. The largest absolute Gasteiger partial charge is 0.593 e. The Kier molecular flexibility index (Phi) is 13.2. The Morgan fingerprint density at radius 1 is 1.00 bits per heavy atom. The van der Waals surface area contributed by atoms with E-state index in [2.05, 4.69) is 26.5 Å². The number of ether oxygens (including phenoxy) is 3. The highest BCUT2D eigenvalue weighted by atomic mass is 32.2. The zero-order chi connectivity index (χ0) is 44.4. The number of nitrogens with one attached hydrogen (secondary N) is 3. The molecule has 2 aliphatic heterocycles. The number of carbonyl (C=O) groups is 4. The first-order chi connectivity index (χ1) is 31.0. The van der Waals surface area contributed by atoms with Crippen molar-refractivity contribution in [3.8, 4) is 11.6 Å². The van der Waals surface area contributed by atoms with Gasteiger partial charge in [0.25, 0.3) is 5.91 Å². The number of aromatic nitrogens is 2. The summed E-state index contributed by atoms with van der Waals surface area (Å²) in [5.41, 5.74) is 0.227. The summed E-state index contributed by atoms with van der Waals surface area (Å²) in [6, 6.07) is 9.97. The number of hydrogen-bond donors (Lipinski definition) is 3. The van der Waals surface area contributed by atoms with Crippen molar-refractivity contribution < 1.29 is 37.9 Å². The van der Waals surface area contributed by atoms with E-state index < -0.39 is 57.7 Å². The van der Waals surface area contributed by atoms with Gasteiger partial charge in [0, 0.05) is 49.5 Å². The van der Waals surface area contributed by atoms with E-state index in [1.165, 1.54) is 4.90 Å². The number of alkyl carbamates (subject to hydrolysis) is 1. The standard InChI is InChI=1S/C49H64N6O8S/c1-3-34-30-49(34,46(58)53-64(60)48(2)23-24-48)52-43(56)39-29-35-31-55(39)45(57)41(33-16-7-8-17-33)51-47(59)63-40-22-13-18-32(40)15-5-4-6-20-37-42(61-28-14-27-54-25-11-12-26-54)36-19-9-10-21-38(36)50-44(37)62-35/h3,9-12,19,21,25-26,32-35,39-41H,1,4-8,13-18,20,22-24,27-31H2,2H3,(H,51,59)(H,52,56)(H,53,58)/t32-,34-,35-,39+,40-,41+,49-,64?/m1/s1. The quantitative estimate of drug-likeness (QED) is 0.100. The molecule has 0 radical (unpaired) electrons. The third-order valence-electron chi connectivity index (χ3n) is 14.9. The Morgan fingerprint density at radius 3 is 2.52 bits per heavy atom. The lowest BCUT2D eigenvalue weighted by molar-refractivity contribution is -0.142. The van der Waals surface area contributed by atoms with Gasteiger partial charge >= 0.3 is 6.09 Å². The van der Waals surface area contributed by atoms with Crippen molar-refractivity contribution in [2.45, 2.75) is 157 Å². The summed E-state index contributed by atoms with van der Waals surface area (Å²) >= 11 is -1.62. The van der Waals surface area contributed by atoms with Crippen molar-refractivity contribution >= 4 is 46.1 Å². The third kappa shape index (κ3) is 9.47. The van der Waals surface area contributed by atoms with Crippen LogP contribution < -0.4 is 24.8 Å². The molecule has 1 aromatic carbocycles. The Labute approximate surface area is 379 Å². The summed E-state index contributed by atoms with van der Waals surface area (Å²) in [6.07, 6.45) is 17.5. The number of rotatable bonds is 12. The van der Waals surface area contributed by atoms with Gasteiger partial charge in [-0.3, -0.25) is 14.4 Å². The minimum Gasteiger partial charge on any atom is -0.593 e. The molecule has 8 atom stereocenters. The van der Waals surface area contributed by atoms with Crippen LogP contribution in [0.15, 0.2) is 61.4 Å². The molecular formula is C49H64N6O8S. The van der Waals surface area contributed by atoms with Crippen molar-refractivity contribution in [1.82, 2.24) is 29.8 Å². The van der Waals surface area contributed by atoms with Crippen LogP contribution in [0.25, 0.3) is 10.9 Å². The topological polar surface area (TPSA) is 176 Å². The molecule has 0 spiro atoms.